The monoisotopic (exact) mass is 182 g/mol. The number of aromatic carboxylic acids is 1. The number of fused-ring (bicyclic) bond motifs is 1. The van der Waals surface area contributed by atoms with Crippen LogP contribution in [0.2, 0.25) is 0 Å². The van der Waals surface area contributed by atoms with E-state index in [0.717, 1.165) is 6.33 Å². The Labute approximate surface area is 73.1 Å². The van der Waals surface area contributed by atoms with Crippen molar-refractivity contribution in [3.8, 4) is 11.6 Å². The third-order valence-corrected chi connectivity index (χ3v) is 1.54. The minimum absolute atomic E-state index is 0.112. The van der Waals surface area contributed by atoms with Crippen LogP contribution < -0.4 is 9.47 Å². The van der Waals surface area contributed by atoms with Crippen LogP contribution in [0, 0.1) is 0 Å². The highest BCUT2D eigenvalue weighted by atomic mass is 16.6. The summed E-state index contributed by atoms with van der Waals surface area (Å²) in [6.07, 6.45) is 1.14. The molecule has 6 heteroatoms. The highest BCUT2D eigenvalue weighted by Gasteiger charge is 2.22. The molecule has 2 rings (SSSR count). The van der Waals surface area contributed by atoms with E-state index < -0.39 is 5.97 Å². The number of carbonyl (C=O) groups is 1. The van der Waals surface area contributed by atoms with Crippen LogP contribution >= 0.6 is 0 Å². The third-order valence-electron chi connectivity index (χ3n) is 1.54. The van der Waals surface area contributed by atoms with Crippen LogP contribution in [0.1, 0.15) is 10.5 Å². The summed E-state index contributed by atoms with van der Waals surface area (Å²) in [5.74, 6) is -0.843. The topological polar surface area (TPSA) is 81.5 Å². The van der Waals surface area contributed by atoms with Gasteiger partial charge in [-0.25, -0.2) is 9.78 Å². The minimum Gasteiger partial charge on any atom is -0.483 e. The third kappa shape index (κ3) is 1.26. The first kappa shape index (κ1) is 7.78. The van der Waals surface area contributed by atoms with Gasteiger partial charge in [0.2, 0.25) is 5.75 Å². The average Bonchev–Trinajstić information content (AvgIpc) is 2.17. The van der Waals surface area contributed by atoms with Crippen LogP contribution in [0.4, 0.5) is 0 Å². The lowest BCUT2D eigenvalue weighted by Crippen LogP contribution is -2.19. The van der Waals surface area contributed by atoms with Gasteiger partial charge in [0.05, 0.1) is 0 Å². The molecule has 6 nitrogen and oxygen atoms in total. The van der Waals surface area contributed by atoms with Gasteiger partial charge >= 0.3 is 5.97 Å². The van der Waals surface area contributed by atoms with Gasteiger partial charge < -0.3 is 14.6 Å². The van der Waals surface area contributed by atoms with Crippen molar-refractivity contribution in [3.63, 3.8) is 0 Å². The predicted molar refractivity (Wildman–Crippen MR) is 40.0 cm³/mol. The average molecular weight is 182 g/mol. The molecule has 0 aliphatic carbocycles. The quantitative estimate of drug-likeness (QED) is 0.655. The predicted octanol–water partition coefficient (Wildman–Crippen LogP) is -0.0540. The molecule has 1 aromatic rings. The molecule has 1 aliphatic heterocycles. The first-order chi connectivity index (χ1) is 6.29. The molecule has 0 saturated heterocycles. The van der Waals surface area contributed by atoms with Gasteiger partial charge in [0.1, 0.15) is 19.5 Å². The molecule has 1 aromatic heterocycles. The van der Waals surface area contributed by atoms with Crippen molar-refractivity contribution in [2.75, 3.05) is 13.2 Å². The van der Waals surface area contributed by atoms with Gasteiger partial charge in [0, 0.05) is 0 Å². The number of aromatic nitrogens is 2. The lowest BCUT2D eigenvalue weighted by Gasteiger charge is -2.17. The highest BCUT2D eigenvalue weighted by Crippen LogP contribution is 2.29. The molecule has 0 radical (unpaired) electrons. The molecule has 0 atom stereocenters. The number of rotatable bonds is 1. The number of nitrogens with zero attached hydrogens (tertiary/aromatic N) is 2. The molecule has 0 bridgehead atoms. The number of carboxylic acids is 1. The molecule has 1 aliphatic rings. The number of ether oxygens (including phenoxy) is 2. The molecule has 0 aromatic carbocycles. The lowest BCUT2D eigenvalue weighted by molar-refractivity contribution is 0.0677. The van der Waals surface area contributed by atoms with Crippen LogP contribution in [-0.2, 0) is 0 Å². The Balaban J connectivity index is 2.52. The van der Waals surface area contributed by atoms with Gasteiger partial charge in [0.15, 0.2) is 5.69 Å². The van der Waals surface area contributed by atoms with Crippen LogP contribution in [0.5, 0.6) is 11.6 Å². The molecule has 0 amide bonds. The van der Waals surface area contributed by atoms with Gasteiger partial charge in [-0.1, -0.05) is 0 Å². The zero-order chi connectivity index (χ0) is 9.26. The van der Waals surface area contributed by atoms with Gasteiger partial charge in [-0.2, -0.15) is 4.98 Å². The zero-order valence-electron chi connectivity index (χ0n) is 6.56. The minimum atomic E-state index is -1.15. The maximum atomic E-state index is 10.6. The van der Waals surface area contributed by atoms with Crippen LogP contribution in [0.15, 0.2) is 6.33 Å². The molecular weight excluding hydrogens is 176 g/mol. The first-order valence-corrected chi connectivity index (χ1v) is 3.63. The Bertz CT molecular complexity index is 352. The van der Waals surface area contributed by atoms with Crippen molar-refractivity contribution in [3.05, 3.63) is 12.0 Å². The smallest absolute Gasteiger partial charge is 0.358 e. The summed E-state index contributed by atoms with van der Waals surface area (Å²) in [5.41, 5.74) is -0.162. The van der Waals surface area contributed by atoms with Crippen molar-refractivity contribution in [2.45, 2.75) is 0 Å². The zero-order valence-corrected chi connectivity index (χ0v) is 6.56. The van der Waals surface area contributed by atoms with E-state index in [2.05, 4.69) is 9.97 Å². The van der Waals surface area contributed by atoms with Gasteiger partial charge in [-0.05, 0) is 0 Å². The van der Waals surface area contributed by atoms with E-state index in [1.807, 2.05) is 0 Å². The second kappa shape index (κ2) is 2.89. The van der Waals surface area contributed by atoms with E-state index in [9.17, 15) is 4.79 Å². The maximum absolute atomic E-state index is 10.6. The summed E-state index contributed by atoms with van der Waals surface area (Å²) in [6.45, 7) is 0.698. The fourth-order valence-electron chi connectivity index (χ4n) is 1.02. The van der Waals surface area contributed by atoms with Crippen molar-refractivity contribution in [1.29, 1.82) is 0 Å². The fraction of sp³-hybridized carbons (Fsp3) is 0.286. The summed E-state index contributed by atoms with van der Waals surface area (Å²) >= 11 is 0. The first-order valence-electron chi connectivity index (χ1n) is 3.63. The molecule has 0 spiro atoms. The Morgan fingerprint density at radius 3 is 2.92 bits per heavy atom. The number of hydrogen-bond donors (Lipinski definition) is 1. The van der Waals surface area contributed by atoms with Crippen LogP contribution in [0.3, 0.4) is 0 Å². The van der Waals surface area contributed by atoms with E-state index in [0.29, 0.717) is 13.2 Å². The van der Waals surface area contributed by atoms with Crippen molar-refractivity contribution in [2.24, 2.45) is 0 Å². The van der Waals surface area contributed by atoms with Crippen molar-refractivity contribution >= 4 is 5.97 Å². The van der Waals surface area contributed by atoms with E-state index in [1.165, 1.54) is 0 Å². The number of hydrogen-bond acceptors (Lipinski definition) is 5. The summed E-state index contributed by atoms with van der Waals surface area (Å²) < 4.78 is 10.2. The van der Waals surface area contributed by atoms with E-state index in [1.54, 1.807) is 0 Å². The van der Waals surface area contributed by atoms with Crippen molar-refractivity contribution < 1.29 is 19.4 Å². The lowest BCUT2D eigenvalue weighted by atomic mass is 10.3. The van der Waals surface area contributed by atoms with Crippen LogP contribution in [-0.4, -0.2) is 34.3 Å². The fourth-order valence-corrected chi connectivity index (χ4v) is 1.02. The van der Waals surface area contributed by atoms with Gasteiger partial charge in [-0.15, -0.1) is 0 Å². The normalized spacial score (nSPS) is 13.8. The second-order valence-electron chi connectivity index (χ2n) is 2.36. The Hall–Kier alpha value is -1.85. The van der Waals surface area contributed by atoms with Gasteiger partial charge in [0.25, 0.3) is 5.88 Å². The molecule has 0 fully saturated rings. The molecule has 0 unspecified atom stereocenters. The summed E-state index contributed by atoms with van der Waals surface area (Å²) in [7, 11) is 0. The second-order valence-corrected chi connectivity index (χ2v) is 2.36. The molecule has 68 valence electrons. The molecule has 2 heterocycles. The Kier molecular flexibility index (Phi) is 1.73. The van der Waals surface area contributed by atoms with Gasteiger partial charge in [-0.3, -0.25) is 0 Å². The number of carboxylic acid groups (broad SMARTS) is 1. The van der Waals surface area contributed by atoms with E-state index in [4.69, 9.17) is 14.6 Å². The highest BCUT2D eigenvalue weighted by molar-refractivity contribution is 5.89. The van der Waals surface area contributed by atoms with E-state index in [-0.39, 0.29) is 17.3 Å². The largest absolute Gasteiger partial charge is 0.483 e. The van der Waals surface area contributed by atoms with Crippen molar-refractivity contribution in [1.82, 2.24) is 9.97 Å². The Morgan fingerprint density at radius 2 is 2.15 bits per heavy atom. The Morgan fingerprint density at radius 1 is 1.38 bits per heavy atom. The van der Waals surface area contributed by atoms with E-state index >= 15 is 0 Å². The maximum Gasteiger partial charge on any atom is 0.358 e. The molecule has 0 saturated carbocycles. The molecule has 13 heavy (non-hydrogen) atoms. The standard InChI is InChI=1S/C7H6N2O4/c10-7(11)4-5-6(9-3-8-4)13-2-1-12-5/h3H,1-2H2,(H,10,11). The summed E-state index contributed by atoms with van der Waals surface area (Å²) in [4.78, 5) is 18.0. The summed E-state index contributed by atoms with van der Waals surface area (Å²) in [6, 6.07) is 0. The molecule has 1 N–H and O–H groups in total. The van der Waals surface area contributed by atoms with Crippen LogP contribution in [0.25, 0.3) is 0 Å². The SMILES string of the molecule is O=C(O)c1ncnc2c1OCCO2. The summed E-state index contributed by atoms with van der Waals surface area (Å²) in [5, 5.41) is 8.71. The molecular formula is C7H6N2O4.